The summed E-state index contributed by atoms with van der Waals surface area (Å²) in [7, 11) is 0. The van der Waals surface area contributed by atoms with Crippen molar-refractivity contribution in [3.05, 3.63) is 29.1 Å². The summed E-state index contributed by atoms with van der Waals surface area (Å²) in [6, 6.07) is 4.72. The number of halogens is 3. The number of piperidine rings is 1. The minimum Gasteiger partial charge on any atom is -0.368 e. The van der Waals surface area contributed by atoms with Gasteiger partial charge in [0.1, 0.15) is 0 Å². The van der Waals surface area contributed by atoms with Gasteiger partial charge in [-0.1, -0.05) is 6.07 Å². The van der Waals surface area contributed by atoms with Crippen LogP contribution in [0.25, 0.3) is 10.1 Å². The van der Waals surface area contributed by atoms with E-state index in [9.17, 15) is 18.0 Å². The molecule has 192 valence electrons. The Morgan fingerprint density at radius 1 is 0.971 bits per heavy atom. The number of hydrogen-bond acceptors (Lipinski definition) is 5. The van der Waals surface area contributed by atoms with E-state index in [1.54, 1.807) is 6.07 Å². The van der Waals surface area contributed by atoms with E-state index in [4.69, 9.17) is 0 Å². The average Bonchev–Trinajstić information content (AvgIpc) is 3.54. The van der Waals surface area contributed by atoms with Gasteiger partial charge in [-0.05, 0) is 63.9 Å². The summed E-state index contributed by atoms with van der Waals surface area (Å²) in [6.45, 7) is 8.70. The van der Waals surface area contributed by atoms with Crippen LogP contribution >= 0.6 is 11.3 Å². The molecule has 0 aliphatic carbocycles. The van der Waals surface area contributed by atoms with Crippen molar-refractivity contribution in [2.75, 3.05) is 63.8 Å². The molecular weight excluding hydrogens is 473 g/mol. The average molecular weight is 509 g/mol. The topological polar surface area (TPSA) is 30.0 Å². The first-order chi connectivity index (χ1) is 16.9. The van der Waals surface area contributed by atoms with E-state index in [1.165, 1.54) is 49.4 Å². The fourth-order valence-corrected chi connectivity index (χ4v) is 6.86. The van der Waals surface area contributed by atoms with Crippen molar-refractivity contribution in [2.45, 2.75) is 50.7 Å². The lowest BCUT2D eigenvalue weighted by atomic mass is 10.0. The zero-order chi connectivity index (χ0) is 24.4. The van der Waals surface area contributed by atoms with Gasteiger partial charge < -0.3 is 14.7 Å². The predicted octanol–water partition coefficient (Wildman–Crippen LogP) is 4.91. The van der Waals surface area contributed by atoms with Gasteiger partial charge in [-0.25, -0.2) is 0 Å². The normalized spacial score (nSPS) is 21.3. The number of carbonyl (C=O) groups is 1. The van der Waals surface area contributed by atoms with Gasteiger partial charge in [-0.15, -0.1) is 11.3 Å². The van der Waals surface area contributed by atoms with Crippen molar-refractivity contribution >= 4 is 33.0 Å². The molecule has 0 saturated carbocycles. The molecule has 3 aliphatic heterocycles. The summed E-state index contributed by atoms with van der Waals surface area (Å²) in [5.41, 5.74) is 0.444. The highest BCUT2D eigenvalue weighted by molar-refractivity contribution is 7.17. The Kier molecular flexibility index (Phi) is 7.55. The lowest BCUT2D eigenvalue weighted by Gasteiger charge is -2.37. The van der Waals surface area contributed by atoms with Crippen LogP contribution in [0, 0.1) is 0 Å². The first-order valence-electron chi connectivity index (χ1n) is 13.0. The molecule has 4 heterocycles. The molecule has 35 heavy (non-hydrogen) atoms. The number of benzene rings is 1. The minimum atomic E-state index is -4.31. The van der Waals surface area contributed by atoms with E-state index >= 15 is 0 Å². The van der Waals surface area contributed by atoms with E-state index in [0.29, 0.717) is 23.1 Å². The smallest absolute Gasteiger partial charge is 0.368 e. The molecule has 0 radical (unpaired) electrons. The molecule has 0 bridgehead atoms. The number of nitrogens with zero attached hydrogens (tertiary/aromatic N) is 4. The van der Waals surface area contributed by atoms with E-state index < -0.39 is 11.7 Å². The van der Waals surface area contributed by atoms with Crippen LogP contribution in [0.15, 0.2) is 23.6 Å². The predicted molar refractivity (Wildman–Crippen MR) is 135 cm³/mol. The Morgan fingerprint density at radius 2 is 1.69 bits per heavy atom. The van der Waals surface area contributed by atoms with Crippen LogP contribution in [0.4, 0.5) is 18.9 Å². The van der Waals surface area contributed by atoms with Crippen LogP contribution in [0.3, 0.4) is 0 Å². The third-order valence-corrected chi connectivity index (χ3v) is 8.87. The van der Waals surface area contributed by atoms with Crippen molar-refractivity contribution in [3.63, 3.8) is 0 Å². The molecule has 5 nitrogen and oxygen atoms in total. The molecule has 1 amide bonds. The molecule has 3 fully saturated rings. The van der Waals surface area contributed by atoms with Gasteiger partial charge in [0.05, 0.1) is 11.3 Å². The van der Waals surface area contributed by atoms with Gasteiger partial charge in [0.15, 0.2) is 0 Å². The van der Waals surface area contributed by atoms with E-state index in [0.717, 1.165) is 76.1 Å². The van der Waals surface area contributed by atoms with Crippen molar-refractivity contribution in [1.82, 2.24) is 14.7 Å². The fraction of sp³-hybridized carbons (Fsp3) is 0.654. The second-order valence-electron chi connectivity index (χ2n) is 10.1. The molecule has 9 heteroatoms. The molecule has 0 atom stereocenters. The summed E-state index contributed by atoms with van der Waals surface area (Å²) in [5.74, 6) is 0.298. The van der Waals surface area contributed by atoms with E-state index in [2.05, 4.69) is 19.6 Å². The molecule has 3 aliphatic rings. The van der Waals surface area contributed by atoms with Crippen LogP contribution in [0.2, 0.25) is 0 Å². The first kappa shape index (κ1) is 24.8. The zero-order valence-electron chi connectivity index (χ0n) is 20.2. The van der Waals surface area contributed by atoms with Gasteiger partial charge in [0.25, 0.3) is 0 Å². The maximum absolute atomic E-state index is 13.0. The molecule has 3 saturated heterocycles. The first-order valence-corrected chi connectivity index (χ1v) is 13.8. The molecule has 5 rings (SSSR count). The number of carbonyl (C=O) groups excluding carboxylic acids is 1. The molecule has 0 N–H and O–H groups in total. The lowest BCUT2D eigenvalue weighted by molar-refractivity contribution is -0.137. The third kappa shape index (κ3) is 5.78. The van der Waals surface area contributed by atoms with Gasteiger partial charge >= 0.3 is 6.18 Å². The maximum Gasteiger partial charge on any atom is 0.416 e. The number of piperazine rings is 1. The standard InChI is InChI=1S/C26H35F3N4OS/c27-26(28,29)20-5-6-22-23(19-35-24(22)18-20)32-16-14-30(15-17-32)9-3-4-25(34)33-12-7-21(8-13-33)31-10-1-2-11-31/h5-6,18-19,21H,1-4,7-17H2. The molecule has 0 unspecified atom stereocenters. The van der Waals surface area contributed by atoms with Crippen LogP contribution in [-0.2, 0) is 11.0 Å². The molecular formula is C26H35F3N4OS. The fourth-order valence-electron chi connectivity index (χ4n) is 5.85. The SMILES string of the molecule is O=C(CCCN1CCN(c2csc3cc(C(F)(F)F)ccc23)CC1)N1CCC(N2CCCC2)CC1. The maximum atomic E-state index is 13.0. The van der Waals surface area contributed by atoms with E-state index in [-0.39, 0.29) is 0 Å². The highest BCUT2D eigenvalue weighted by Gasteiger charge is 2.31. The number of anilines is 1. The Balaban J connectivity index is 1.04. The Morgan fingerprint density at radius 3 is 2.37 bits per heavy atom. The largest absolute Gasteiger partial charge is 0.416 e. The van der Waals surface area contributed by atoms with Crippen LogP contribution in [0.5, 0.6) is 0 Å². The number of likely N-dealkylation sites (tertiary alicyclic amines) is 2. The van der Waals surface area contributed by atoms with Crippen LogP contribution < -0.4 is 4.90 Å². The van der Waals surface area contributed by atoms with Crippen LogP contribution in [-0.4, -0.2) is 85.6 Å². The van der Waals surface area contributed by atoms with Gasteiger partial charge in [-0.2, -0.15) is 13.2 Å². The number of thiophene rings is 1. The minimum absolute atomic E-state index is 0.298. The Bertz CT molecular complexity index is 1000. The Labute approximate surface area is 209 Å². The number of fused-ring (bicyclic) bond motifs is 1. The number of amides is 1. The quantitative estimate of drug-likeness (QED) is 0.555. The number of alkyl halides is 3. The van der Waals surface area contributed by atoms with Gasteiger partial charge in [0.2, 0.25) is 5.91 Å². The van der Waals surface area contributed by atoms with Crippen molar-refractivity contribution < 1.29 is 18.0 Å². The molecule has 0 spiro atoms. The number of hydrogen-bond donors (Lipinski definition) is 0. The Hall–Kier alpha value is -1.84. The lowest BCUT2D eigenvalue weighted by Crippen LogP contribution is -2.47. The molecule has 1 aromatic carbocycles. The summed E-state index contributed by atoms with van der Waals surface area (Å²) < 4.78 is 39.7. The molecule has 1 aromatic heterocycles. The van der Waals surface area contributed by atoms with Gasteiger partial charge in [0, 0.05) is 67.2 Å². The monoisotopic (exact) mass is 508 g/mol. The van der Waals surface area contributed by atoms with Crippen molar-refractivity contribution in [2.24, 2.45) is 0 Å². The second-order valence-corrected chi connectivity index (χ2v) is 11.0. The highest BCUT2D eigenvalue weighted by Crippen LogP contribution is 2.38. The second kappa shape index (κ2) is 10.6. The van der Waals surface area contributed by atoms with Crippen molar-refractivity contribution in [1.29, 1.82) is 0 Å². The third-order valence-electron chi connectivity index (χ3n) is 7.93. The summed E-state index contributed by atoms with van der Waals surface area (Å²) in [6.07, 6.45) is 2.05. The van der Waals surface area contributed by atoms with Crippen molar-refractivity contribution in [3.8, 4) is 0 Å². The summed E-state index contributed by atoms with van der Waals surface area (Å²) >= 11 is 1.38. The zero-order valence-corrected chi connectivity index (χ0v) is 21.0. The number of rotatable bonds is 6. The summed E-state index contributed by atoms with van der Waals surface area (Å²) in [4.78, 5) is 22.1. The van der Waals surface area contributed by atoms with Gasteiger partial charge in [-0.3, -0.25) is 9.69 Å². The van der Waals surface area contributed by atoms with Crippen LogP contribution in [0.1, 0.15) is 44.1 Å². The molecule has 2 aromatic rings. The van der Waals surface area contributed by atoms with E-state index in [1.807, 2.05) is 5.38 Å². The highest BCUT2D eigenvalue weighted by atomic mass is 32.1. The summed E-state index contributed by atoms with van der Waals surface area (Å²) in [5, 5.41) is 2.88.